The number of amides is 1. The van der Waals surface area contributed by atoms with E-state index in [0.29, 0.717) is 18.1 Å². The van der Waals surface area contributed by atoms with Crippen molar-refractivity contribution in [3.8, 4) is 5.75 Å². The van der Waals surface area contributed by atoms with Gasteiger partial charge in [0.15, 0.2) is 0 Å². The molecule has 2 aromatic carbocycles. The molecule has 0 aliphatic carbocycles. The van der Waals surface area contributed by atoms with Crippen molar-refractivity contribution in [3.63, 3.8) is 0 Å². The molecule has 0 unspecified atom stereocenters. The van der Waals surface area contributed by atoms with Gasteiger partial charge in [-0.1, -0.05) is 18.2 Å². The van der Waals surface area contributed by atoms with Crippen molar-refractivity contribution in [1.82, 2.24) is 15.6 Å². The second kappa shape index (κ2) is 7.76. The first-order valence-electron chi connectivity index (χ1n) is 10.3. The first-order valence-corrected chi connectivity index (χ1v) is 11.1. The van der Waals surface area contributed by atoms with E-state index in [1.54, 1.807) is 11.3 Å². The summed E-state index contributed by atoms with van der Waals surface area (Å²) >= 11 is 1.75. The first-order chi connectivity index (χ1) is 14.2. The molecule has 0 saturated carbocycles. The summed E-state index contributed by atoms with van der Waals surface area (Å²) in [5.41, 5.74) is 3.86. The number of para-hydroxylation sites is 1. The molecule has 2 aliphatic heterocycles. The molecule has 1 atom stereocenters. The maximum atomic E-state index is 13.1. The summed E-state index contributed by atoms with van der Waals surface area (Å²) in [5.74, 6) is 1.36. The number of thiazole rings is 1. The Balaban J connectivity index is 1.41. The number of nitrogens with zero attached hydrogens (tertiary/aromatic N) is 1. The molecule has 3 aromatic rings. The van der Waals surface area contributed by atoms with E-state index < -0.39 is 0 Å². The highest BCUT2D eigenvalue weighted by Crippen LogP contribution is 2.35. The molecule has 1 aromatic heterocycles. The topological polar surface area (TPSA) is 63.2 Å². The number of ether oxygens (including phenoxy) is 1. The maximum Gasteiger partial charge on any atom is 0.251 e. The fourth-order valence-corrected chi connectivity index (χ4v) is 5.58. The summed E-state index contributed by atoms with van der Waals surface area (Å²) in [7, 11) is 0. The summed E-state index contributed by atoms with van der Waals surface area (Å²) in [6.45, 7) is 4.78. The SMILES string of the molecule is Cc1cc(C(=O)N[C@H]2CCOc3ccccc32)cc2sc(C3CCNCC3)nc12. The molecule has 29 heavy (non-hydrogen) atoms. The van der Waals surface area contributed by atoms with E-state index in [1.807, 2.05) is 36.4 Å². The number of piperidine rings is 1. The number of hydrogen-bond donors (Lipinski definition) is 2. The summed E-state index contributed by atoms with van der Waals surface area (Å²) < 4.78 is 6.82. The van der Waals surface area contributed by atoms with Crippen LogP contribution in [0.15, 0.2) is 36.4 Å². The van der Waals surface area contributed by atoms with Gasteiger partial charge in [0.25, 0.3) is 5.91 Å². The number of carbonyl (C=O) groups excluding carboxylic acids is 1. The summed E-state index contributed by atoms with van der Waals surface area (Å²) in [6.07, 6.45) is 3.05. The number of carbonyl (C=O) groups is 1. The van der Waals surface area contributed by atoms with Crippen LogP contribution in [0, 0.1) is 6.92 Å². The van der Waals surface area contributed by atoms with E-state index in [1.165, 1.54) is 5.01 Å². The van der Waals surface area contributed by atoms with E-state index in [9.17, 15) is 4.79 Å². The van der Waals surface area contributed by atoms with Crippen molar-refractivity contribution < 1.29 is 9.53 Å². The zero-order valence-electron chi connectivity index (χ0n) is 16.5. The van der Waals surface area contributed by atoms with Gasteiger partial charge >= 0.3 is 0 Å². The third kappa shape index (κ3) is 3.63. The Kier molecular flexibility index (Phi) is 4.97. The molecule has 0 bridgehead atoms. The van der Waals surface area contributed by atoms with Gasteiger partial charge in [-0.2, -0.15) is 0 Å². The van der Waals surface area contributed by atoms with Crippen LogP contribution in [0.5, 0.6) is 5.75 Å². The van der Waals surface area contributed by atoms with Gasteiger partial charge in [-0.05, 0) is 56.6 Å². The maximum absolute atomic E-state index is 13.1. The van der Waals surface area contributed by atoms with Crippen LogP contribution in [0.2, 0.25) is 0 Å². The molecular formula is C23H25N3O2S. The molecule has 0 radical (unpaired) electrons. The van der Waals surface area contributed by atoms with Gasteiger partial charge in [0.05, 0.1) is 27.9 Å². The minimum atomic E-state index is -0.0338. The zero-order valence-corrected chi connectivity index (χ0v) is 17.3. The normalized spacial score (nSPS) is 19.6. The number of aromatic nitrogens is 1. The largest absolute Gasteiger partial charge is 0.493 e. The lowest BCUT2D eigenvalue weighted by molar-refractivity contribution is 0.0925. The molecule has 5 nitrogen and oxygen atoms in total. The van der Waals surface area contributed by atoms with Crippen LogP contribution < -0.4 is 15.4 Å². The summed E-state index contributed by atoms with van der Waals surface area (Å²) in [4.78, 5) is 18.0. The number of benzene rings is 2. The van der Waals surface area contributed by atoms with Crippen LogP contribution in [0.4, 0.5) is 0 Å². The van der Waals surface area contributed by atoms with E-state index >= 15 is 0 Å². The molecule has 0 spiro atoms. The van der Waals surface area contributed by atoms with Gasteiger partial charge in [-0.25, -0.2) is 4.98 Å². The molecule has 6 heteroatoms. The second-order valence-electron chi connectivity index (χ2n) is 7.92. The molecule has 1 saturated heterocycles. The smallest absolute Gasteiger partial charge is 0.251 e. The fourth-order valence-electron chi connectivity index (χ4n) is 4.32. The Bertz CT molecular complexity index is 1060. The lowest BCUT2D eigenvalue weighted by Crippen LogP contribution is -2.32. The van der Waals surface area contributed by atoms with E-state index in [2.05, 4.69) is 17.6 Å². The molecule has 3 heterocycles. The standard InChI is InChI=1S/C23H25N3O2S/c1-14-12-16(13-20-21(14)26-23(29-20)15-6-9-24-10-7-15)22(27)25-18-8-11-28-19-5-3-2-4-17(18)19/h2-5,12-13,15,18,24H,6-11H2,1H3,(H,25,27)/t18-/m0/s1. The highest BCUT2D eigenvalue weighted by atomic mass is 32.1. The number of fused-ring (bicyclic) bond motifs is 2. The van der Waals surface area contributed by atoms with Crippen molar-refractivity contribution in [2.24, 2.45) is 0 Å². The minimum absolute atomic E-state index is 0.0183. The van der Waals surface area contributed by atoms with Crippen molar-refractivity contribution in [2.45, 2.75) is 38.1 Å². The number of nitrogens with one attached hydrogen (secondary N) is 2. The molecule has 1 fully saturated rings. The van der Waals surface area contributed by atoms with Gasteiger partial charge < -0.3 is 15.4 Å². The van der Waals surface area contributed by atoms with E-state index in [-0.39, 0.29) is 11.9 Å². The molecule has 1 amide bonds. The molecule has 2 N–H and O–H groups in total. The molecular weight excluding hydrogens is 382 g/mol. The Labute approximate surface area is 174 Å². The van der Waals surface area contributed by atoms with Crippen LogP contribution in [-0.4, -0.2) is 30.6 Å². The van der Waals surface area contributed by atoms with Gasteiger partial charge in [-0.3, -0.25) is 4.79 Å². The van der Waals surface area contributed by atoms with Gasteiger partial charge in [0, 0.05) is 23.5 Å². The van der Waals surface area contributed by atoms with Crippen molar-refractivity contribution in [2.75, 3.05) is 19.7 Å². The highest BCUT2D eigenvalue weighted by molar-refractivity contribution is 7.18. The molecule has 5 rings (SSSR count). The third-order valence-corrected chi connectivity index (χ3v) is 7.08. The fraction of sp³-hybridized carbons (Fsp3) is 0.391. The average Bonchev–Trinajstić information content (AvgIpc) is 3.20. The number of hydrogen-bond acceptors (Lipinski definition) is 5. The van der Waals surface area contributed by atoms with Crippen LogP contribution in [0.1, 0.15) is 57.7 Å². The lowest BCUT2D eigenvalue weighted by atomic mass is 9.99. The predicted molar refractivity (Wildman–Crippen MR) is 116 cm³/mol. The second-order valence-corrected chi connectivity index (χ2v) is 8.98. The quantitative estimate of drug-likeness (QED) is 0.679. The van der Waals surface area contributed by atoms with Crippen LogP contribution >= 0.6 is 11.3 Å². The van der Waals surface area contributed by atoms with Crippen LogP contribution in [0.25, 0.3) is 10.2 Å². The summed E-state index contributed by atoms with van der Waals surface area (Å²) in [6, 6.07) is 11.9. The van der Waals surface area contributed by atoms with Gasteiger partial charge in [-0.15, -0.1) is 11.3 Å². The monoisotopic (exact) mass is 407 g/mol. The molecule has 2 aliphatic rings. The highest BCUT2D eigenvalue weighted by Gasteiger charge is 2.24. The van der Waals surface area contributed by atoms with Crippen molar-refractivity contribution >= 4 is 27.5 Å². The van der Waals surface area contributed by atoms with Gasteiger partial charge in [0.1, 0.15) is 5.75 Å². The Morgan fingerprint density at radius 2 is 2.03 bits per heavy atom. The Morgan fingerprint density at radius 3 is 2.90 bits per heavy atom. The van der Waals surface area contributed by atoms with Crippen molar-refractivity contribution in [1.29, 1.82) is 0 Å². The predicted octanol–water partition coefficient (Wildman–Crippen LogP) is 4.33. The van der Waals surface area contributed by atoms with Crippen LogP contribution in [-0.2, 0) is 0 Å². The Hall–Kier alpha value is -2.44. The third-order valence-electron chi connectivity index (χ3n) is 5.92. The number of rotatable bonds is 3. The Morgan fingerprint density at radius 1 is 1.21 bits per heavy atom. The van der Waals surface area contributed by atoms with Crippen molar-refractivity contribution in [3.05, 3.63) is 58.1 Å². The summed E-state index contributed by atoms with van der Waals surface area (Å²) in [5, 5.41) is 7.83. The van der Waals surface area contributed by atoms with E-state index in [4.69, 9.17) is 9.72 Å². The average molecular weight is 408 g/mol. The van der Waals surface area contributed by atoms with Gasteiger partial charge in [0.2, 0.25) is 0 Å². The number of aryl methyl sites for hydroxylation is 1. The minimum Gasteiger partial charge on any atom is -0.493 e. The molecule has 150 valence electrons. The first kappa shape index (κ1) is 18.6. The zero-order chi connectivity index (χ0) is 19.8. The van der Waals surface area contributed by atoms with Crippen LogP contribution in [0.3, 0.4) is 0 Å². The van der Waals surface area contributed by atoms with E-state index in [0.717, 1.165) is 59.4 Å². The lowest BCUT2D eigenvalue weighted by Gasteiger charge is -2.26.